The molecule has 0 aliphatic carbocycles. The first kappa shape index (κ1) is 9.70. The molecule has 1 aromatic carbocycles. The molecular weight excluding hydrogens is 185 g/mol. The van der Waals surface area contributed by atoms with Crippen molar-refractivity contribution in [1.29, 1.82) is 0 Å². The molecule has 0 amide bonds. The Balaban J connectivity index is 3.38. The highest BCUT2D eigenvalue weighted by molar-refractivity contribution is 5.46. The summed E-state index contributed by atoms with van der Waals surface area (Å²) in [7, 11) is 0. The lowest BCUT2D eigenvalue weighted by Crippen LogP contribution is -2.07. The monoisotopic (exact) mass is 192 g/mol. The van der Waals surface area contributed by atoms with Crippen LogP contribution in [0, 0.1) is 6.92 Å². The van der Waals surface area contributed by atoms with Gasteiger partial charge in [0.1, 0.15) is 17.1 Å². The number of phenolic OH excluding ortho intramolecular Hbond substituents is 2. The summed E-state index contributed by atoms with van der Waals surface area (Å²) in [6.07, 6.45) is -4.60. The Morgan fingerprint density at radius 2 is 1.69 bits per heavy atom. The summed E-state index contributed by atoms with van der Waals surface area (Å²) in [4.78, 5) is 0. The quantitative estimate of drug-likeness (QED) is 0.662. The Hall–Kier alpha value is -1.39. The van der Waals surface area contributed by atoms with Crippen molar-refractivity contribution in [3.05, 3.63) is 23.3 Å². The summed E-state index contributed by atoms with van der Waals surface area (Å²) in [5.41, 5.74) is -1.31. The number of halogens is 3. The highest BCUT2D eigenvalue weighted by Crippen LogP contribution is 2.39. The molecule has 0 bridgehead atoms. The first-order chi connectivity index (χ1) is 5.82. The Morgan fingerprint density at radius 3 is 2.08 bits per heavy atom. The minimum Gasteiger partial charge on any atom is -0.508 e. The van der Waals surface area contributed by atoms with Gasteiger partial charge in [0.2, 0.25) is 0 Å². The van der Waals surface area contributed by atoms with E-state index in [1.165, 1.54) is 6.92 Å². The molecule has 5 heteroatoms. The minimum atomic E-state index is -4.60. The van der Waals surface area contributed by atoms with E-state index < -0.39 is 17.5 Å². The van der Waals surface area contributed by atoms with Gasteiger partial charge in [-0.1, -0.05) is 0 Å². The van der Waals surface area contributed by atoms with Gasteiger partial charge in [-0.05, 0) is 18.6 Å². The summed E-state index contributed by atoms with van der Waals surface area (Å²) in [5.74, 6) is -1.34. The van der Waals surface area contributed by atoms with E-state index in [1.807, 2.05) is 0 Å². The maximum atomic E-state index is 12.2. The van der Waals surface area contributed by atoms with E-state index in [1.54, 1.807) is 0 Å². The van der Waals surface area contributed by atoms with Gasteiger partial charge in [0.25, 0.3) is 0 Å². The second-order valence-electron chi connectivity index (χ2n) is 2.65. The topological polar surface area (TPSA) is 40.5 Å². The first-order valence-corrected chi connectivity index (χ1v) is 3.42. The summed E-state index contributed by atoms with van der Waals surface area (Å²) in [6, 6.07) is 1.61. The van der Waals surface area contributed by atoms with E-state index in [-0.39, 0.29) is 11.3 Å². The van der Waals surface area contributed by atoms with Crippen LogP contribution in [0.3, 0.4) is 0 Å². The lowest BCUT2D eigenvalue weighted by atomic mass is 10.1. The molecule has 0 unspecified atom stereocenters. The maximum absolute atomic E-state index is 12.2. The van der Waals surface area contributed by atoms with Gasteiger partial charge in [-0.15, -0.1) is 0 Å². The number of hydrogen-bond acceptors (Lipinski definition) is 2. The standard InChI is InChI=1S/C8H7F3O2/c1-4-2-5(12)3-6(13)7(4)8(9,10)11/h2-3,12-13H,1H3. The van der Waals surface area contributed by atoms with Crippen LogP contribution in [0.25, 0.3) is 0 Å². The zero-order valence-corrected chi connectivity index (χ0v) is 6.68. The fourth-order valence-corrected chi connectivity index (χ4v) is 1.12. The van der Waals surface area contributed by atoms with Gasteiger partial charge in [0.15, 0.2) is 0 Å². The predicted molar refractivity (Wildman–Crippen MR) is 39.5 cm³/mol. The summed E-state index contributed by atoms with van der Waals surface area (Å²) >= 11 is 0. The SMILES string of the molecule is Cc1cc(O)cc(O)c1C(F)(F)F. The maximum Gasteiger partial charge on any atom is 0.420 e. The van der Waals surface area contributed by atoms with Crippen LogP contribution in [0.5, 0.6) is 11.5 Å². The van der Waals surface area contributed by atoms with Crippen LogP contribution in [-0.2, 0) is 6.18 Å². The lowest BCUT2D eigenvalue weighted by molar-refractivity contribution is -0.139. The average Bonchev–Trinajstić information content (AvgIpc) is 1.78. The van der Waals surface area contributed by atoms with Gasteiger partial charge in [-0.3, -0.25) is 0 Å². The smallest absolute Gasteiger partial charge is 0.420 e. The van der Waals surface area contributed by atoms with Crippen LogP contribution in [0.2, 0.25) is 0 Å². The summed E-state index contributed by atoms with van der Waals surface area (Å²) in [5, 5.41) is 17.8. The molecule has 2 N–H and O–H groups in total. The Kier molecular flexibility index (Phi) is 2.11. The van der Waals surface area contributed by atoms with Crippen LogP contribution >= 0.6 is 0 Å². The Labute approximate surface area is 72.2 Å². The van der Waals surface area contributed by atoms with Crippen LogP contribution in [-0.4, -0.2) is 10.2 Å². The molecule has 0 saturated heterocycles. The van der Waals surface area contributed by atoms with Gasteiger partial charge in [0.05, 0.1) is 0 Å². The van der Waals surface area contributed by atoms with Crippen molar-refractivity contribution in [3.8, 4) is 11.5 Å². The molecule has 0 saturated carbocycles. The van der Waals surface area contributed by atoms with E-state index in [4.69, 9.17) is 10.2 Å². The van der Waals surface area contributed by atoms with E-state index in [0.717, 1.165) is 6.07 Å². The van der Waals surface area contributed by atoms with Crippen LogP contribution in [0.1, 0.15) is 11.1 Å². The van der Waals surface area contributed by atoms with E-state index in [0.29, 0.717) is 6.07 Å². The number of aromatic hydroxyl groups is 2. The predicted octanol–water partition coefficient (Wildman–Crippen LogP) is 2.43. The molecule has 13 heavy (non-hydrogen) atoms. The third-order valence-electron chi connectivity index (χ3n) is 1.58. The molecule has 1 aromatic rings. The normalized spacial score (nSPS) is 11.7. The number of hydrogen-bond donors (Lipinski definition) is 2. The van der Waals surface area contributed by atoms with Crippen molar-refractivity contribution in [2.75, 3.05) is 0 Å². The number of alkyl halides is 3. The van der Waals surface area contributed by atoms with Gasteiger partial charge >= 0.3 is 6.18 Å². The highest BCUT2D eigenvalue weighted by atomic mass is 19.4. The molecule has 0 spiro atoms. The summed E-state index contributed by atoms with van der Waals surface area (Å²) < 4.78 is 36.6. The molecule has 0 aliphatic rings. The zero-order chi connectivity index (χ0) is 10.2. The van der Waals surface area contributed by atoms with E-state index in [9.17, 15) is 13.2 Å². The third kappa shape index (κ3) is 1.85. The van der Waals surface area contributed by atoms with Crippen molar-refractivity contribution < 1.29 is 23.4 Å². The number of phenols is 2. The van der Waals surface area contributed by atoms with Gasteiger partial charge < -0.3 is 10.2 Å². The third-order valence-corrected chi connectivity index (χ3v) is 1.58. The van der Waals surface area contributed by atoms with E-state index in [2.05, 4.69) is 0 Å². The number of benzene rings is 1. The Bertz CT molecular complexity index is 308. The molecular formula is C8H7F3O2. The zero-order valence-electron chi connectivity index (χ0n) is 6.68. The molecule has 2 nitrogen and oxygen atoms in total. The number of rotatable bonds is 0. The molecule has 0 atom stereocenters. The van der Waals surface area contributed by atoms with Gasteiger partial charge in [-0.2, -0.15) is 13.2 Å². The average molecular weight is 192 g/mol. The fourth-order valence-electron chi connectivity index (χ4n) is 1.12. The molecule has 1 rings (SSSR count). The molecule has 0 radical (unpaired) electrons. The molecule has 0 heterocycles. The van der Waals surface area contributed by atoms with Crippen molar-refractivity contribution in [1.82, 2.24) is 0 Å². The highest BCUT2D eigenvalue weighted by Gasteiger charge is 2.35. The van der Waals surface area contributed by atoms with E-state index >= 15 is 0 Å². The van der Waals surface area contributed by atoms with Crippen LogP contribution in [0.15, 0.2) is 12.1 Å². The van der Waals surface area contributed by atoms with Crippen molar-refractivity contribution in [2.45, 2.75) is 13.1 Å². The van der Waals surface area contributed by atoms with Gasteiger partial charge in [-0.25, -0.2) is 0 Å². The van der Waals surface area contributed by atoms with Crippen LogP contribution < -0.4 is 0 Å². The molecule has 0 aliphatic heterocycles. The number of aryl methyl sites for hydroxylation is 1. The second-order valence-corrected chi connectivity index (χ2v) is 2.65. The molecule has 72 valence electrons. The summed E-state index contributed by atoms with van der Waals surface area (Å²) in [6.45, 7) is 1.17. The van der Waals surface area contributed by atoms with Gasteiger partial charge in [0, 0.05) is 6.07 Å². The minimum absolute atomic E-state index is 0.204. The second kappa shape index (κ2) is 2.83. The van der Waals surface area contributed by atoms with Crippen molar-refractivity contribution >= 4 is 0 Å². The Morgan fingerprint density at radius 1 is 1.15 bits per heavy atom. The van der Waals surface area contributed by atoms with Crippen molar-refractivity contribution in [2.24, 2.45) is 0 Å². The molecule has 0 fully saturated rings. The fraction of sp³-hybridized carbons (Fsp3) is 0.250. The largest absolute Gasteiger partial charge is 0.508 e. The molecule has 0 aromatic heterocycles. The van der Waals surface area contributed by atoms with Crippen LogP contribution in [0.4, 0.5) is 13.2 Å². The van der Waals surface area contributed by atoms with Crippen molar-refractivity contribution in [3.63, 3.8) is 0 Å². The first-order valence-electron chi connectivity index (χ1n) is 3.42. The lowest BCUT2D eigenvalue weighted by Gasteiger charge is -2.11.